The van der Waals surface area contributed by atoms with Gasteiger partial charge < -0.3 is 10.3 Å². The molecular weight excluding hydrogens is 258 g/mol. The number of carbonyl (C=O) groups is 1. The van der Waals surface area contributed by atoms with Crippen LogP contribution in [-0.4, -0.2) is 34.4 Å². The minimum absolute atomic E-state index is 0.0660. The lowest BCUT2D eigenvalue weighted by Crippen LogP contribution is -2.48. The van der Waals surface area contributed by atoms with E-state index >= 15 is 0 Å². The first-order chi connectivity index (χ1) is 9.04. The molecule has 1 amide bonds. The lowest BCUT2D eigenvalue weighted by atomic mass is 10.1. The van der Waals surface area contributed by atoms with Crippen LogP contribution < -0.4 is 11.3 Å². The van der Waals surface area contributed by atoms with Crippen LogP contribution in [-0.2, 0) is 0 Å². The number of carbonyl (C=O) groups excluding carboxylic acids is 1. The molecule has 19 heavy (non-hydrogen) atoms. The van der Waals surface area contributed by atoms with Gasteiger partial charge in [-0.1, -0.05) is 18.6 Å². The third-order valence-electron chi connectivity index (χ3n) is 3.71. The Kier molecular flexibility index (Phi) is 4.37. The van der Waals surface area contributed by atoms with Crippen LogP contribution in [0.1, 0.15) is 29.8 Å². The number of benzene rings is 1. The molecule has 0 bridgehead atoms. The van der Waals surface area contributed by atoms with Gasteiger partial charge in [0.05, 0.1) is 11.3 Å². The van der Waals surface area contributed by atoms with Gasteiger partial charge in [-0.2, -0.15) is 11.8 Å². The number of nitrogens with two attached hydrogens (primary N) is 1. The van der Waals surface area contributed by atoms with Gasteiger partial charge in [0.25, 0.3) is 5.91 Å². The van der Waals surface area contributed by atoms with Crippen LogP contribution in [0.15, 0.2) is 18.2 Å². The minimum Gasteiger partial charge on any atom is -0.334 e. The number of thioether (sulfide) groups is 1. The van der Waals surface area contributed by atoms with Gasteiger partial charge >= 0.3 is 0 Å². The summed E-state index contributed by atoms with van der Waals surface area (Å²) in [5.41, 5.74) is 5.03. The van der Waals surface area contributed by atoms with Crippen LogP contribution in [0.3, 0.4) is 0 Å². The van der Waals surface area contributed by atoms with Gasteiger partial charge in [-0.25, -0.2) is 0 Å². The van der Waals surface area contributed by atoms with Crippen molar-refractivity contribution in [2.24, 2.45) is 5.84 Å². The molecule has 1 heterocycles. The Morgan fingerprint density at radius 1 is 1.47 bits per heavy atom. The molecule has 1 aliphatic heterocycles. The summed E-state index contributed by atoms with van der Waals surface area (Å²) in [6.07, 6.45) is 0. The number of hydrazine groups is 1. The van der Waals surface area contributed by atoms with Gasteiger partial charge in [0, 0.05) is 23.6 Å². The van der Waals surface area contributed by atoms with E-state index < -0.39 is 0 Å². The highest BCUT2D eigenvalue weighted by Crippen LogP contribution is 2.27. The van der Waals surface area contributed by atoms with E-state index in [1.165, 1.54) is 0 Å². The smallest absolute Gasteiger partial charge is 0.256 e. The molecule has 0 spiro atoms. The molecule has 1 aromatic carbocycles. The minimum atomic E-state index is 0.0660. The molecule has 3 N–H and O–H groups in total. The third-order valence-corrected chi connectivity index (χ3v) is 5.04. The normalized spacial score (nSPS) is 23.3. The summed E-state index contributed by atoms with van der Waals surface area (Å²) in [6.45, 7) is 7.06. The SMILES string of the molecule is Cc1ccc(NN)c(C(=O)N2CCSC(C)C2C)c1. The summed E-state index contributed by atoms with van der Waals surface area (Å²) in [5.74, 6) is 6.57. The van der Waals surface area contributed by atoms with Gasteiger partial charge in [-0.3, -0.25) is 10.6 Å². The molecule has 0 aromatic heterocycles. The number of hydrogen-bond donors (Lipinski definition) is 2. The number of nitrogens with zero attached hydrogens (tertiary/aromatic N) is 1. The van der Waals surface area contributed by atoms with Crippen molar-refractivity contribution in [3.8, 4) is 0 Å². The summed E-state index contributed by atoms with van der Waals surface area (Å²) in [4.78, 5) is 14.7. The average molecular weight is 279 g/mol. The first kappa shape index (κ1) is 14.2. The third kappa shape index (κ3) is 2.87. The number of hydrogen-bond acceptors (Lipinski definition) is 4. The van der Waals surface area contributed by atoms with E-state index in [0.29, 0.717) is 16.5 Å². The van der Waals surface area contributed by atoms with Crippen molar-refractivity contribution in [3.63, 3.8) is 0 Å². The molecule has 0 saturated carbocycles. The maximum absolute atomic E-state index is 12.7. The predicted molar refractivity (Wildman–Crippen MR) is 81.4 cm³/mol. The number of nitrogen functional groups attached to an aromatic ring is 1. The number of aryl methyl sites for hydroxylation is 1. The van der Waals surface area contributed by atoms with E-state index in [1.54, 1.807) is 0 Å². The van der Waals surface area contributed by atoms with E-state index in [-0.39, 0.29) is 11.9 Å². The van der Waals surface area contributed by atoms with E-state index in [0.717, 1.165) is 17.9 Å². The second-order valence-corrected chi connectivity index (χ2v) is 6.49. The van der Waals surface area contributed by atoms with Gasteiger partial charge in [0.1, 0.15) is 0 Å². The van der Waals surface area contributed by atoms with Crippen LogP contribution in [0.5, 0.6) is 0 Å². The first-order valence-electron chi connectivity index (χ1n) is 6.54. The zero-order chi connectivity index (χ0) is 14.0. The fourth-order valence-electron chi connectivity index (χ4n) is 2.34. The number of nitrogens with one attached hydrogen (secondary N) is 1. The molecule has 2 rings (SSSR count). The standard InChI is InChI=1S/C14H21N3OS/c1-9-4-5-13(16-15)12(8-9)14(18)17-6-7-19-11(3)10(17)2/h4-5,8,10-11,16H,6-7,15H2,1-3H3. The fraction of sp³-hybridized carbons (Fsp3) is 0.500. The van der Waals surface area contributed by atoms with E-state index in [4.69, 9.17) is 5.84 Å². The second-order valence-electron chi connectivity index (χ2n) is 5.01. The van der Waals surface area contributed by atoms with Crippen molar-refractivity contribution in [1.82, 2.24) is 4.90 Å². The van der Waals surface area contributed by atoms with Crippen LogP contribution in [0.4, 0.5) is 5.69 Å². The molecule has 104 valence electrons. The van der Waals surface area contributed by atoms with Crippen LogP contribution in [0.2, 0.25) is 0 Å². The van der Waals surface area contributed by atoms with Gasteiger partial charge in [-0.15, -0.1) is 0 Å². The molecule has 1 fully saturated rings. The highest BCUT2D eigenvalue weighted by Gasteiger charge is 2.30. The highest BCUT2D eigenvalue weighted by atomic mass is 32.2. The predicted octanol–water partition coefficient (Wildman–Crippen LogP) is 2.25. The molecule has 1 aliphatic rings. The largest absolute Gasteiger partial charge is 0.334 e. The molecule has 2 atom stereocenters. The maximum atomic E-state index is 12.7. The highest BCUT2D eigenvalue weighted by molar-refractivity contribution is 8.00. The Morgan fingerprint density at radius 3 is 2.89 bits per heavy atom. The number of amides is 1. The molecule has 0 radical (unpaired) electrons. The number of rotatable bonds is 2. The van der Waals surface area contributed by atoms with Crippen molar-refractivity contribution in [3.05, 3.63) is 29.3 Å². The summed E-state index contributed by atoms with van der Waals surface area (Å²) in [7, 11) is 0. The molecule has 1 saturated heterocycles. The Balaban J connectivity index is 2.30. The zero-order valence-electron chi connectivity index (χ0n) is 11.6. The first-order valence-corrected chi connectivity index (χ1v) is 7.59. The zero-order valence-corrected chi connectivity index (χ0v) is 12.5. The topological polar surface area (TPSA) is 58.4 Å². The van der Waals surface area contributed by atoms with Gasteiger partial charge in [-0.05, 0) is 26.0 Å². The average Bonchev–Trinajstić information content (AvgIpc) is 2.41. The lowest BCUT2D eigenvalue weighted by molar-refractivity contribution is 0.0699. The van der Waals surface area contributed by atoms with Crippen molar-refractivity contribution < 1.29 is 4.79 Å². The molecule has 2 unspecified atom stereocenters. The monoisotopic (exact) mass is 279 g/mol. The molecule has 5 heteroatoms. The van der Waals surface area contributed by atoms with Crippen LogP contribution >= 0.6 is 11.8 Å². The summed E-state index contributed by atoms with van der Waals surface area (Å²) >= 11 is 1.92. The Bertz CT molecular complexity index is 478. The van der Waals surface area contributed by atoms with E-state index in [1.807, 2.05) is 41.8 Å². The number of anilines is 1. The maximum Gasteiger partial charge on any atom is 0.256 e. The van der Waals surface area contributed by atoms with E-state index in [9.17, 15) is 4.79 Å². The Hall–Kier alpha value is -1.20. The summed E-state index contributed by atoms with van der Waals surface area (Å²) in [5, 5.41) is 0.469. The van der Waals surface area contributed by atoms with Crippen LogP contribution in [0.25, 0.3) is 0 Å². The second kappa shape index (κ2) is 5.84. The quantitative estimate of drug-likeness (QED) is 0.644. The van der Waals surface area contributed by atoms with Crippen molar-refractivity contribution in [1.29, 1.82) is 0 Å². The molecular formula is C14H21N3OS. The Labute approximate surface area is 118 Å². The van der Waals surface area contributed by atoms with Gasteiger partial charge in [0.2, 0.25) is 0 Å². The molecule has 0 aliphatic carbocycles. The fourth-order valence-corrected chi connectivity index (χ4v) is 3.43. The van der Waals surface area contributed by atoms with Gasteiger partial charge in [0.15, 0.2) is 0 Å². The van der Waals surface area contributed by atoms with Crippen LogP contribution in [0, 0.1) is 6.92 Å². The lowest BCUT2D eigenvalue weighted by Gasteiger charge is -2.37. The molecule has 1 aromatic rings. The summed E-state index contributed by atoms with van der Waals surface area (Å²) < 4.78 is 0. The van der Waals surface area contributed by atoms with Crippen molar-refractivity contribution in [2.75, 3.05) is 17.7 Å². The van der Waals surface area contributed by atoms with Crippen molar-refractivity contribution in [2.45, 2.75) is 32.1 Å². The van der Waals surface area contributed by atoms with E-state index in [2.05, 4.69) is 19.3 Å². The van der Waals surface area contributed by atoms with Crippen molar-refractivity contribution >= 4 is 23.4 Å². The Morgan fingerprint density at radius 2 is 2.21 bits per heavy atom. The summed E-state index contributed by atoms with van der Waals surface area (Å²) in [6, 6.07) is 5.95. The molecule has 4 nitrogen and oxygen atoms in total.